The topological polar surface area (TPSA) is 77.5 Å². The van der Waals surface area contributed by atoms with Crippen LogP contribution >= 0.6 is 0 Å². The van der Waals surface area contributed by atoms with Crippen molar-refractivity contribution >= 4 is 19.7 Å². The second kappa shape index (κ2) is 7.90. The summed E-state index contributed by atoms with van der Waals surface area (Å²) >= 11 is 0. The van der Waals surface area contributed by atoms with Crippen molar-refractivity contribution in [2.24, 2.45) is 0 Å². The van der Waals surface area contributed by atoms with Gasteiger partial charge in [-0.1, -0.05) is 18.2 Å². The molecule has 1 aliphatic rings. The standard InChI is InChI=1S/C21H23F3O5S2/c1-14-5-4-6-16(11-14)31(27,28)20(2)9-10-29-18(13-20)15-7-8-17(21(22,23)24)19(12-15)30(3,25)26/h4-8,11-12,18H,9-10,13H2,1-3H3. The molecule has 2 unspecified atom stereocenters. The highest BCUT2D eigenvalue weighted by Crippen LogP contribution is 2.43. The van der Waals surface area contributed by atoms with Crippen LogP contribution in [-0.4, -0.2) is 34.4 Å². The lowest BCUT2D eigenvalue weighted by molar-refractivity contribution is -0.139. The molecule has 31 heavy (non-hydrogen) atoms. The van der Waals surface area contributed by atoms with E-state index in [1.165, 1.54) is 6.07 Å². The van der Waals surface area contributed by atoms with Crippen LogP contribution in [0.2, 0.25) is 0 Å². The summed E-state index contributed by atoms with van der Waals surface area (Å²) < 4.78 is 95.0. The summed E-state index contributed by atoms with van der Waals surface area (Å²) in [4.78, 5) is -0.685. The SMILES string of the molecule is Cc1cccc(S(=O)(=O)C2(C)CCOC(c3ccc(C(F)(F)F)c(S(C)(=O)=O)c3)C2)c1. The molecular weight excluding hydrogens is 453 g/mol. The van der Waals surface area contributed by atoms with Crippen molar-refractivity contribution < 1.29 is 34.7 Å². The van der Waals surface area contributed by atoms with Gasteiger partial charge in [-0.2, -0.15) is 13.2 Å². The average Bonchev–Trinajstić information content (AvgIpc) is 2.66. The maximum atomic E-state index is 13.3. The Labute approximate surface area is 180 Å². The molecule has 3 rings (SSSR count). The van der Waals surface area contributed by atoms with Gasteiger partial charge in [-0.05, 0) is 62.1 Å². The van der Waals surface area contributed by atoms with Crippen LogP contribution in [0.25, 0.3) is 0 Å². The van der Waals surface area contributed by atoms with Crippen LogP contribution in [0.4, 0.5) is 13.2 Å². The van der Waals surface area contributed by atoms with Gasteiger partial charge < -0.3 is 4.74 Å². The van der Waals surface area contributed by atoms with E-state index >= 15 is 0 Å². The predicted octanol–water partition coefficient (Wildman–Crippen LogP) is 4.50. The number of benzene rings is 2. The van der Waals surface area contributed by atoms with E-state index < -0.39 is 47.2 Å². The molecule has 170 valence electrons. The number of hydrogen-bond donors (Lipinski definition) is 0. The van der Waals surface area contributed by atoms with Crippen molar-refractivity contribution in [3.63, 3.8) is 0 Å². The Morgan fingerprint density at radius 2 is 1.74 bits per heavy atom. The summed E-state index contributed by atoms with van der Waals surface area (Å²) in [7, 11) is -7.95. The Bertz CT molecular complexity index is 1200. The second-order valence-corrected chi connectivity index (χ2v) is 12.6. The molecule has 1 fully saturated rings. The molecule has 0 saturated carbocycles. The number of sulfone groups is 2. The lowest BCUT2D eigenvalue weighted by Gasteiger charge is -2.38. The summed E-state index contributed by atoms with van der Waals surface area (Å²) in [5.41, 5.74) is -0.280. The van der Waals surface area contributed by atoms with Gasteiger partial charge in [-0.15, -0.1) is 0 Å². The second-order valence-electron chi connectivity index (χ2n) is 8.11. The Hall–Kier alpha value is -1.91. The number of ether oxygens (including phenoxy) is 1. The predicted molar refractivity (Wildman–Crippen MR) is 109 cm³/mol. The minimum Gasteiger partial charge on any atom is -0.373 e. The van der Waals surface area contributed by atoms with Crippen molar-refractivity contribution in [3.8, 4) is 0 Å². The molecule has 1 aliphatic heterocycles. The van der Waals surface area contributed by atoms with Crippen molar-refractivity contribution in [1.29, 1.82) is 0 Å². The maximum Gasteiger partial charge on any atom is 0.417 e. The zero-order valence-corrected chi connectivity index (χ0v) is 18.9. The third kappa shape index (κ3) is 4.65. The van der Waals surface area contributed by atoms with Crippen LogP contribution < -0.4 is 0 Å². The molecule has 0 aromatic heterocycles. The summed E-state index contributed by atoms with van der Waals surface area (Å²) in [6, 6.07) is 9.31. The van der Waals surface area contributed by atoms with Gasteiger partial charge >= 0.3 is 6.18 Å². The molecule has 0 aliphatic carbocycles. The van der Waals surface area contributed by atoms with Crippen LogP contribution in [-0.2, 0) is 30.6 Å². The summed E-state index contributed by atoms with van der Waals surface area (Å²) in [6.07, 6.45) is -4.80. The molecule has 0 amide bonds. The van der Waals surface area contributed by atoms with Gasteiger partial charge in [0.1, 0.15) is 0 Å². The third-order valence-corrected chi connectivity index (χ3v) is 9.28. The molecule has 2 atom stereocenters. The van der Waals surface area contributed by atoms with Crippen LogP contribution in [0.5, 0.6) is 0 Å². The quantitative estimate of drug-likeness (QED) is 0.649. The fourth-order valence-electron chi connectivity index (χ4n) is 3.78. The Kier molecular flexibility index (Phi) is 6.05. The van der Waals surface area contributed by atoms with Crippen LogP contribution in [0.3, 0.4) is 0 Å². The summed E-state index contributed by atoms with van der Waals surface area (Å²) in [6.45, 7) is 3.44. The van der Waals surface area contributed by atoms with Gasteiger partial charge in [0.2, 0.25) is 0 Å². The van der Waals surface area contributed by atoms with Gasteiger partial charge in [-0.3, -0.25) is 0 Å². The van der Waals surface area contributed by atoms with Crippen LogP contribution in [0.1, 0.15) is 42.6 Å². The average molecular weight is 477 g/mol. The number of halogens is 3. The highest BCUT2D eigenvalue weighted by Gasteiger charge is 2.45. The fraction of sp³-hybridized carbons (Fsp3) is 0.429. The van der Waals surface area contributed by atoms with E-state index in [-0.39, 0.29) is 29.9 Å². The van der Waals surface area contributed by atoms with E-state index in [4.69, 9.17) is 4.74 Å². The van der Waals surface area contributed by atoms with Crippen molar-refractivity contribution in [1.82, 2.24) is 0 Å². The van der Waals surface area contributed by atoms with Gasteiger partial charge in [-0.25, -0.2) is 16.8 Å². The Balaban J connectivity index is 2.02. The van der Waals surface area contributed by atoms with E-state index in [9.17, 15) is 30.0 Å². The lowest BCUT2D eigenvalue weighted by atomic mass is 9.92. The molecule has 0 bridgehead atoms. The van der Waals surface area contributed by atoms with Gasteiger partial charge in [0, 0.05) is 12.9 Å². The molecule has 0 N–H and O–H groups in total. The zero-order chi connectivity index (χ0) is 23.2. The monoisotopic (exact) mass is 476 g/mol. The highest BCUT2D eigenvalue weighted by molar-refractivity contribution is 7.92. The molecule has 1 saturated heterocycles. The molecule has 2 aromatic carbocycles. The first-order valence-electron chi connectivity index (χ1n) is 9.49. The number of alkyl halides is 3. The number of aryl methyl sites for hydroxylation is 1. The molecule has 1 heterocycles. The van der Waals surface area contributed by atoms with Crippen molar-refractivity contribution in [2.45, 2.75) is 53.5 Å². The molecule has 5 nitrogen and oxygen atoms in total. The largest absolute Gasteiger partial charge is 0.417 e. The van der Waals surface area contributed by atoms with Gasteiger partial charge in [0.25, 0.3) is 0 Å². The molecule has 0 spiro atoms. The smallest absolute Gasteiger partial charge is 0.373 e. The first-order valence-corrected chi connectivity index (χ1v) is 12.9. The molecule has 10 heteroatoms. The van der Waals surface area contributed by atoms with E-state index in [1.807, 2.05) is 0 Å². The minimum atomic E-state index is -4.84. The van der Waals surface area contributed by atoms with Gasteiger partial charge in [0.05, 0.1) is 26.2 Å². The number of hydrogen-bond acceptors (Lipinski definition) is 5. The van der Waals surface area contributed by atoms with Crippen molar-refractivity contribution in [2.75, 3.05) is 12.9 Å². The van der Waals surface area contributed by atoms with Crippen molar-refractivity contribution in [3.05, 3.63) is 59.2 Å². The zero-order valence-electron chi connectivity index (χ0n) is 17.2. The van der Waals surface area contributed by atoms with E-state index in [2.05, 4.69) is 0 Å². The van der Waals surface area contributed by atoms with E-state index in [0.29, 0.717) is 12.3 Å². The molecule has 0 radical (unpaired) electrons. The van der Waals surface area contributed by atoms with Crippen LogP contribution in [0, 0.1) is 6.92 Å². The Morgan fingerprint density at radius 1 is 1.06 bits per heavy atom. The third-order valence-electron chi connectivity index (χ3n) is 5.60. The van der Waals surface area contributed by atoms with Gasteiger partial charge in [0.15, 0.2) is 19.7 Å². The normalized spacial score (nSPS) is 23.0. The lowest BCUT2D eigenvalue weighted by Crippen LogP contribution is -2.42. The minimum absolute atomic E-state index is 0.0160. The maximum absolute atomic E-state index is 13.3. The van der Waals surface area contributed by atoms with Crippen LogP contribution in [0.15, 0.2) is 52.3 Å². The fourth-order valence-corrected chi connectivity index (χ4v) is 6.60. The van der Waals surface area contributed by atoms with E-state index in [1.54, 1.807) is 32.0 Å². The number of rotatable bonds is 4. The van der Waals surface area contributed by atoms with E-state index in [0.717, 1.165) is 17.7 Å². The summed E-state index contributed by atoms with van der Waals surface area (Å²) in [5.74, 6) is 0. The Morgan fingerprint density at radius 3 is 2.32 bits per heavy atom. The highest BCUT2D eigenvalue weighted by atomic mass is 32.2. The molecule has 2 aromatic rings. The summed E-state index contributed by atoms with van der Waals surface area (Å²) in [5, 5.41) is 0. The first-order chi connectivity index (χ1) is 14.1. The first kappa shape index (κ1) is 23.7. The molecular formula is C21H23F3O5S2.